The van der Waals surface area contributed by atoms with Crippen molar-refractivity contribution in [2.75, 3.05) is 19.0 Å². The molecular weight excluding hydrogens is 289 g/mol. The van der Waals surface area contributed by atoms with Crippen LogP contribution < -0.4 is 5.32 Å². The summed E-state index contributed by atoms with van der Waals surface area (Å²) in [6.07, 6.45) is 0.759. The molecule has 0 spiro atoms. The van der Waals surface area contributed by atoms with Gasteiger partial charge < -0.3 is 10.1 Å². The molecule has 1 aromatic rings. The number of carbonyl (C=O) groups excluding carboxylic acids is 1. The summed E-state index contributed by atoms with van der Waals surface area (Å²) in [5.74, 6) is -0.700. The lowest BCUT2D eigenvalue weighted by Crippen LogP contribution is -2.38. The van der Waals surface area contributed by atoms with E-state index in [0.717, 1.165) is 11.8 Å². The quantitative estimate of drug-likeness (QED) is 0.819. The summed E-state index contributed by atoms with van der Waals surface area (Å²) in [7, 11) is 1.58. The number of alkyl halides is 1. The molecule has 3 nitrogen and oxygen atoms in total. The van der Waals surface area contributed by atoms with Crippen molar-refractivity contribution >= 4 is 21.8 Å². The van der Waals surface area contributed by atoms with E-state index in [1.807, 2.05) is 0 Å². The third-order valence-corrected chi connectivity index (χ3v) is 2.71. The molecule has 0 saturated carbocycles. The third-order valence-electron chi connectivity index (χ3n) is 2.25. The molecule has 0 aliphatic rings. The van der Waals surface area contributed by atoms with Crippen LogP contribution >= 0.6 is 15.9 Å². The molecule has 0 aliphatic heterocycles. The van der Waals surface area contributed by atoms with Gasteiger partial charge in [0, 0.05) is 18.0 Å². The number of halogens is 2. The van der Waals surface area contributed by atoms with Crippen molar-refractivity contribution in [3.8, 4) is 0 Å². The van der Waals surface area contributed by atoms with Gasteiger partial charge in [0.15, 0.2) is 0 Å². The number of ether oxygens (including phenoxy) is 1. The summed E-state index contributed by atoms with van der Waals surface area (Å²) in [5.41, 5.74) is 0.320. The zero-order chi connectivity index (χ0) is 12.7. The summed E-state index contributed by atoms with van der Waals surface area (Å²) < 4.78 is 18.0. The van der Waals surface area contributed by atoms with Crippen LogP contribution in [-0.4, -0.2) is 31.0 Å². The minimum absolute atomic E-state index is 0.0739. The first-order valence-electron chi connectivity index (χ1n) is 5.28. The highest BCUT2D eigenvalue weighted by Gasteiger charge is 2.13. The molecule has 0 fully saturated rings. The minimum atomic E-state index is -0.415. The maximum absolute atomic E-state index is 12.9. The maximum atomic E-state index is 12.9. The first kappa shape index (κ1) is 14.1. The predicted octanol–water partition coefficient (Wildman–Crippen LogP) is 2.36. The molecule has 1 aromatic carbocycles. The van der Waals surface area contributed by atoms with Gasteiger partial charge in [0.25, 0.3) is 5.91 Å². The van der Waals surface area contributed by atoms with Crippen molar-refractivity contribution in [2.24, 2.45) is 0 Å². The molecule has 0 saturated heterocycles. The van der Waals surface area contributed by atoms with Gasteiger partial charge >= 0.3 is 0 Å². The highest BCUT2D eigenvalue weighted by molar-refractivity contribution is 9.09. The van der Waals surface area contributed by atoms with Crippen molar-refractivity contribution in [3.05, 3.63) is 35.6 Å². The number of carbonyl (C=O) groups is 1. The fourth-order valence-corrected chi connectivity index (χ4v) is 1.98. The Hall–Kier alpha value is -0.940. The fourth-order valence-electron chi connectivity index (χ4n) is 1.43. The molecule has 0 radical (unpaired) electrons. The number of amides is 1. The SMILES string of the molecule is COCC(CCBr)NC(=O)c1cccc(F)c1. The monoisotopic (exact) mass is 303 g/mol. The number of hydrogen-bond acceptors (Lipinski definition) is 2. The molecular formula is C12H15BrFNO2. The molecule has 94 valence electrons. The Morgan fingerprint density at radius 3 is 2.94 bits per heavy atom. The molecule has 0 aromatic heterocycles. The molecule has 0 heterocycles. The van der Waals surface area contributed by atoms with Crippen molar-refractivity contribution in [1.82, 2.24) is 5.32 Å². The molecule has 1 N–H and O–H groups in total. The summed E-state index contributed by atoms with van der Waals surface area (Å²) >= 11 is 3.31. The summed E-state index contributed by atoms with van der Waals surface area (Å²) in [6.45, 7) is 0.437. The van der Waals surface area contributed by atoms with E-state index in [1.54, 1.807) is 13.2 Å². The summed E-state index contributed by atoms with van der Waals surface area (Å²) in [6, 6.07) is 5.54. The molecule has 0 bridgehead atoms. The number of rotatable bonds is 6. The van der Waals surface area contributed by atoms with Crippen LogP contribution in [0.25, 0.3) is 0 Å². The number of hydrogen-bond donors (Lipinski definition) is 1. The Bertz CT molecular complexity index is 367. The number of benzene rings is 1. The Morgan fingerprint density at radius 1 is 1.59 bits per heavy atom. The molecule has 1 amide bonds. The fraction of sp³-hybridized carbons (Fsp3) is 0.417. The van der Waals surface area contributed by atoms with Gasteiger partial charge in [-0.1, -0.05) is 22.0 Å². The number of nitrogens with one attached hydrogen (secondary N) is 1. The van der Waals surface area contributed by atoms with Crippen molar-refractivity contribution in [3.63, 3.8) is 0 Å². The van der Waals surface area contributed by atoms with Crippen LogP contribution in [-0.2, 0) is 4.74 Å². The Labute approximate surface area is 108 Å². The van der Waals surface area contributed by atoms with Gasteiger partial charge in [-0.25, -0.2) is 4.39 Å². The van der Waals surface area contributed by atoms with E-state index in [-0.39, 0.29) is 11.9 Å². The second-order valence-electron chi connectivity index (χ2n) is 3.61. The standard InChI is InChI=1S/C12H15BrFNO2/c1-17-8-11(5-6-13)15-12(16)9-3-2-4-10(14)7-9/h2-4,7,11H,5-6,8H2,1H3,(H,15,16). The lowest BCUT2D eigenvalue weighted by atomic mass is 10.1. The van der Waals surface area contributed by atoms with Crippen LogP contribution in [0, 0.1) is 5.82 Å². The highest BCUT2D eigenvalue weighted by Crippen LogP contribution is 2.05. The Kier molecular flexibility index (Phi) is 6.15. The van der Waals surface area contributed by atoms with Crippen LogP contribution in [0.1, 0.15) is 16.8 Å². The molecule has 17 heavy (non-hydrogen) atoms. The van der Waals surface area contributed by atoms with E-state index >= 15 is 0 Å². The second kappa shape index (κ2) is 7.40. The maximum Gasteiger partial charge on any atom is 0.251 e. The first-order valence-corrected chi connectivity index (χ1v) is 6.41. The molecule has 1 unspecified atom stereocenters. The Morgan fingerprint density at radius 2 is 2.35 bits per heavy atom. The van der Waals surface area contributed by atoms with Gasteiger partial charge in [0.1, 0.15) is 5.82 Å². The van der Waals surface area contributed by atoms with E-state index in [0.29, 0.717) is 12.2 Å². The van der Waals surface area contributed by atoms with E-state index in [9.17, 15) is 9.18 Å². The van der Waals surface area contributed by atoms with Gasteiger partial charge in [-0.3, -0.25) is 4.79 Å². The van der Waals surface area contributed by atoms with Gasteiger partial charge in [0.2, 0.25) is 0 Å². The van der Waals surface area contributed by atoms with Gasteiger partial charge in [0.05, 0.1) is 12.6 Å². The average molecular weight is 304 g/mol. The topological polar surface area (TPSA) is 38.3 Å². The van der Waals surface area contributed by atoms with E-state index in [2.05, 4.69) is 21.2 Å². The second-order valence-corrected chi connectivity index (χ2v) is 4.41. The molecule has 1 rings (SSSR count). The smallest absolute Gasteiger partial charge is 0.251 e. The first-order chi connectivity index (χ1) is 8.17. The largest absolute Gasteiger partial charge is 0.383 e. The zero-order valence-electron chi connectivity index (χ0n) is 9.58. The van der Waals surface area contributed by atoms with Crippen LogP contribution in [0.4, 0.5) is 4.39 Å². The van der Waals surface area contributed by atoms with E-state index < -0.39 is 5.82 Å². The number of methoxy groups -OCH3 is 1. The van der Waals surface area contributed by atoms with E-state index in [1.165, 1.54) is 18.2 Å². The zero-order valence-corrected chi connectivity index (χ0v) is 11.2. The average Bonchev–Trinajstić information content (AvgIpc) is 2.29. The van der Waals surface area contributed by atoms with Crippen LogP contribution in [0.2, 0.25) is 0 Å². The van der Waals surface area contributed by atoms with Crippen molar-refractivity contribution in [2.45, 2.75) is 12.5 Å². The Balaban J connectivity index is 2.63. The van der Waals surface area contributed by atoms with Crippen molar-refractivity contribution < 1.29 is 13.9 Å². The summed E-state index contributed by atoms with van der Waals surface area (Å²) in [4.78, 5) is 11.8. The van der Waals surface area contributed by atoms with Crippen LogP contribution in [0.3, 0.4) is 0 Å². The van der Waals surface area contributed by atoms with Gasteiger partial charge in [-0.15, -0.1) is 0 Å². The van der Waals surface area contributed by atoms with Crippen LogP contribution in [0.5, 0.6) is 0 Å². The normalized spacial score (nSPS) is 12.2. The third kappa shape index (κ3) is 4.83. The van der Waals surface area contributed by atoms with Crippen LogP contribution in [0.15, 0.2) is 24.3 Å². The lowest BCUT2D eigenvalue weighted by Gasteiger charge is -2.16. The van der Waals surface area contributed by atoms with E-state index in [4.69, 9.17) is 4.74 Å². The van der Waals surface area contributed by atoms with Gasteiger partial charge in [-0.05, 0) is 24.6 Å². The predicted molar refractivity (Wildman–Crippen MR) is 67.9 cm³/mol. The molecule has 5 heteroatoms. The minimum Gasteiger partial charge on any atom is -0.383 e. The van der Waals surface area contributed by atoms with Crippen molar-refractivity contribution in [1.29, 1.82) is 0 Å². The molecule has 1 atom stereocenters. The lowest BCUT2D eigenvalue weighted by molar-refractivity contribution is 0.0895. The van der Waals surface area contributed by atoms with Gasteiger partial charge in [-0.2, -0.15) is 0 Å². The highest BCUT2D eigenvalue weighted by atomic mass is 79.9. The molecule has 0 aliphatic carbocycles. The summed E-state index contributed by atoms with van der Waals surface area (Å²) in [5, 5.41) is 3.57.